The van der Waals surface area contributed by atoms with E-state index >= 15 is 0 Å². The summed E-state index contributed by atoms with van der Waals surface area (Å²) in [7, 11) is 3.16. The van der Waals surface area contributed by atoms with Crippen LogP contribution in [0, 0.1) is 11.8 Å². The minimum Gasteiger partial charge on any atom is -0.493 e. The fraction of sp³-hybridized carbons (Fsp3) is 0.500. The highest BCUT2D eigenvalue weighted by atomic mass is 16.5. The van der Waals surface area contributed by atoms with Gasteiger partial charge in [-0.15, -0.1) is 0 Å². The molecule has 36 heavy (non-hydrogen) atoms. The standard InChI is InChI=1S/C28H35N3O5/c1-17-8-6-10-20(18(17)2)29-27(33)28(3)16-30-21-12-13-36-24(21)14-22(30)26(32)31(28)15-19-9-7-11-23(34-4)25(19)35-5/h7,9,11-14,17-18,20H,6,8,10,15-16H2,1-5H3,(H,29,33). The van der Waals surface area contributed by atoms with Gasteiger partial charge in [-0.3, -0.25) is 9.59 Å². The molecule has 0 spiro atoms. The number of para-hydroxylation sites is 1. The molecule has 1 N–H and O–H groups in total. The quantitative estimate of drug-likeness (QED) is 0.542. The molecule has 1 aromatic carbocycles. The van der Waals surface area contributed by atoms with E-state index in [1.54, 1.807) is 31.4 Å². The maximum absolute atomic E-state index is 14.1. The highest BCUT2D eigenvalue weighted by molar-refractivity contribution is 6.03. The number of hydrogen-bond acceptors (Lipinski definition) is 5. The molecule has 3 aromatic rings. The summed E-state index contributed by atoms with van der Waals surface area (Å²) in [5.41, 5.74) is 1.61. The van der Waals surface area contributed by atoms with Gasteiger partial charge in [-0.25, -0.2) is 0 Å². The van der Waals surface area contributed by atoms with E-state index in [-0.39, 0.29) is 24.4 Å². The molecular weight excluding hydrogens is 458 g/mol. The minimum absolute atomic E-state index is 0.0846. The third-order valence-electron chi connectivity index (χ3n) is 8.37. The van der Waals surface area contributed by atoms with Crippen molar-refractivity contribution in [1.29, 1.82) is 0 Å². The molecule has 5 rings (SSSR count). The average molecular weight is 494 g/mol. The van der Waals surface area contributed by atoms with Crippen molar-refractivity contribution in [1.82, 2.24) is 14.8 Å². The second kappa shape index (κ2) is 9.22. The number of fused-ring (bicyclic) bond motifs is 3. The first-order valence-electron chi connectivity index (χ1n) is 12.7. The van der Waals surface area contributed by atoms with E-state index in [0.29, 0.717) is 41.2 Å². The minimum atomic E-state index is -1.12. The Kier molecular flexibility index (Phi) is 6.22. The van der Waals surface area contributed by atoms with Crippen molar-refractivity contribution < 1.29 is 23.5 Å². The molecule has 1 saturated carbocycles. The van der Waals surface area contributed by atoms with Gasteiger partial charge in [0.1, 0.15) is 11.2 Å². The van der Waals surface area contributed by atoms with Gasteiger partial charge in [0.2, 0.25) is 5.91 Å². The van der Waals surface area contributed by atoms with Gasteiger partial charge in [0, 0.05) is 23.7 Å². The topological polar surface area (TPSA) is 85.9 Å². The van der Waals surface area contributed by atoms with E-state index < -0.39 is 5.54 Å². The molecule has 0 radical (unpaired) electrons. The summed E-state index contributed by atoms with van der Waals surface area (Å²) in [5, 5.41) is 3.34. The third-order valence-corrected chi connectivity index (χ3v) is 8.37. The number of furan rings is 1. The van der Waals surface area contributed by atoms with Crippen LogP contribution in [0.4, 0.5) is 0 Å². The molecule has 3 heterocycles. The Bertz CT molecular complexity index is 1290. The monoisotopic (exact) mass is 493 g/mol. The number of benzene rings is 1. The van der Waals surface area contributed by atoms with Crippen molar-refractivity contribution in [3.8, 4) is 11.5 Å². The van der Waals surface area contributed by atoms with Crippen molar-refractivity contribution >= 4 is 22.9 Å². The zero-order valence-corrected chi connectivity index (χ0v) is 21.7. The van der Waals surface area contributed by atoms with Crippen LogP contribution in [0.1, 0.15) is 56.1 Å². The van der Waals surface area contributed by atoms with Crippen LogP contribution in [-0.4, -0.2) is 47.1 Å². The third kappa shape index (κ3) is 3.83. The molecule has 8 nitrogen and oxygen atoms in total. The molecule has 4 atom stereocenters. The Morgan fingerprint density at radius 2 is 2.00 bits per heavy atom. The molecule has 2 amide bonds. The van der Waals surface area contributed by atoms with Crippen LogP contribution in [-0.2, 0) is 17.9 Å². The highest BCUT2D eigenvalue weighted by Crippen LogP contribution is 2.38. The first-order valence-corrected chi connectivity index (χ1v) is 12.7. The summed E-state index contributed by atoms with van der Waals surface area (Å²) in [6, 6.07) is 9.27. The second-order valence-corrected chi connectivity index (χ2v) is 10.5. The van der Waals surface area contributed by atoms with Crippen LogP contribution in [0.25, 0.3) is 11.1 Å². The maximum atomic E-state index is 14.1. The van der Waals surface area contributed by atoms with Gasteiger partial charge >= 0.3 is 0 Å². The van der Waals surface area contributed by atoms with Crippen molar-refractivity contribution in [2.45, 2.75) is 64.7 Å². The lowest BCUT2D eigenvalue weighted by Crippen LogP contribution is -2.65. The average Bonchev–Trinajstić information content (AvgIpc) is 3.46. The number of rotatable bonds is 6. The van der Waals surface area contributed by atoms with Gasteiger partial charge in [0.15, 0.2) is 17.1 Å². The van der Waals surface area contributed by atoms with Gasteiger partial charge in [-0.05, 0) is 31.2 Å². The Morgan fingerprint density at radius 1 is 1.19 bits per heavy atom. The smallest absolute Gasteiger partial charge is 0.271 e. The van der Waals surface area contributed by atoms with E-state index in [1.807, 2.05) is 35.8 Å². The number of hydrogen-bond donors (Lipinski definition) is 1. The molecule has 2 aliphatic rings. The summed E-state index contributed by atoms with van der Waals surface area (Å²) in [6.45, 7) is 6.84. The van der Waals surface area contributed by atoms with Gasteiger partial charge < -0.3 is 28.7 Å². The summed E-state index contributed by atoms with van der Waals surface area (Å²) in [6.07, 6.45) is 4.83. The first kappa shape index (κ1) is 24.3. The van der Waals surface area contributed by atoms with Crippen molar-refractivity contribution in [2.24, 2.45) is 11.8 Å². The number of carbonyl (C=O) groups is 2. The molecule has 0 saturated heterocycles. The van der Waals surface area contributed by atoms with E-state index in [0.717, 1.165) is 23.9 Å². The number of carbonyl (C=O) groups excluding carboxylic acids is 2. The Morgan fingerprint density at radius 3 is 2.75 bits per heavy atom. The molecule has 1 aliphatic heterocycles. The summed E-state index contributed by atoms with van der Waals surface area (Å²) < 4.78 is 18.6. The maximum Gasteiger partial charge on any atom is 0.271 e. The van der Waals surface area contributed by atoms with Crippen LogP contribution >= 0.6 is 0 Å². The zero-order valence-electron chi connectivity index (χ0n) is 21.7. The number of nitrogens with one attached hydrogen (secondary N) is 1. The van der Waals surface area contributed by atoms with E-state index in [4.69, 9.17) is 13.9 Å². The lowest BCUT2D eigenvalue weighted by atomic mass is 9.77. The van der Waals surface area contributed by atoms with Crippen molar-refractivity contribution in [3.63, 3.8) is 0 Å². The number of aromatic nitrogens is 1. The number of ether oxygens (including phenoxy) is 2. The van der Waals surface area contributed by atoms with Crippen LogP contribution < -0.4 is 14.8 Å². The molecule has 1 aliphatic carbocycles. The van der Waals surface area contributed by atoms with E-state index in [9.17, 15) is 9.59 Å². The molecular formula is C28H35N3O5. The lowest BCUT2D eigenvalue weighted by molar-refractivity contribution is -0.134. The first-order chi connectivity index (χ1) is 17.3. The van der Waals surface area contributed by atoms with Crippen molar-refractivity contribution in [2.75, 3.05) is 14.2 Å². The van der Waals surface area contributed by atoms with Gasteiger partial charge in [-0.1, -0.05) is 38.8 Å². The fourth-order valence-corrected chi connectivity index (χ4v) is 5.88. The number of methoxy groups -OCH3 is 2. The predicted molar refractivity (Wildman–Crippen MR) is 136 cm³/mol. The summed E-state index contributed by atoms with van der Waals surface area (Å²) in [5.74, 6) is 1.69. The molecule has 192 valence electrons. The Balaban J connectivity index is 1.55. The van der Waals surface area contributed by atoms with Gasteiger partial charge in [0.25, 0.3) is 5.91 Å². The van der Waals surface area contributed by atoms with Gasteiger partial charge in [-0.2, -0.15) is 0 Å². The van der Waals surface area contributed by atoms with Crippen LogP contribution in [0.15, 0.2) is 41.0 Å². The van der Waals surface area contributed by atoms with Crippen LogP contribution in [0.3, 0.4) is 0 Å². The van der Waals surface area contributed by atoms with Crippen LogP contribution in [0.2, 0.25) is 0 Å². The van der Waals surface area contributed by atoms with Gasteiger partial charge in [0.05, 0.1) is 39.1 Å². The zero-order chi connectivity index (χ0) is 25.6. The summed E-state index contributed by atoms with van der Waals surface area (Å²) in [4.78, 5) is 29.7. The largest absolute Gasteiger partial charge is 0.493 e. The molecule has 1 fully saturated rings. The molecule has 2 aromatic heterocycles. The fourth-order valence-electron chi connectivity index (χ4n) is 5.88. The highest BCUT2D eigenvalue weighted by Gasteiger charge is 2.49. The molecule has 0 bridgehead atoms. The molecule has 8 heteroatoms. The Hall–Kier alpha value is -3.42. The van der Waals surface area contributed by atoms with E-state index in [1.165, 1.54) is 6.42 Å². The van der Waals surface area contributed by atoms with E-state index in [2.05, 4.69) is 19.2 Å². The Labute approximate surface area is 211 Å². The number of amides is 2. The number of nitrogens with zero attached hydrogens (tertiary/aromatic N) is 2. The normalized spacial score (nSPS) is 26.1. The molecule has 4 unspecified atom stereocenters. The van der Waals surface area contributed by atoms with Crippen LogP contribution in [0.5, 0.6) is 11.5 Å². The second-order valence-electron chi connectivity index (χ2n) is 10.5. The SMILES string of the molecule is COc1cccc(CN2C(=O)c3cc4occc4n3CC2(C)C(=O)NC2CCCC(C)C2C)c1OC. The predicted octanol–water partition coefficient (Wildman–Crippen LogP) is 4.61. The lowest BCUT2D eigenvalue weighted by Gasteiger charge is -2.45. The summed E-state index contributed by atoms with van der Waals surface area (Å²) >= 11 is 0. The van der Waals surface area contributed by atoms with Crippen molar-refractivity contribution in [3.05, 3.63) is 47.9 Å².